The van der Waals surface area contributed by atoms with Crippen molar-refractivity contribution >= 4 is 29.7 Å². The van der Waals surface area contributed by atoms with Crippen LogP contribution in [0, 0.1) is 0 Å². The molecule has 0 radical (unpaired) electrons. The fourth-order valence-corrected chi connectivity index (χ4v) is 3.24. The summed E-state index contributed by atoms with van der Waals surface area (Å²) in [6.07, 6.45) is 0.673. The third-order valence-corrected chi connectivity index (χ3v) is 5.30. The van der Waals surface area contributed by atoms with Gasteiger partial charge in [-0.15, -0.1) is 0 Å². The predicted octanol–water partition coefficient (Wildman–Crippen LogP) is -1.92. The zero-order chi connectivity index (χ0) is 27.1. The normalized spacial score (nSPS) is 14.1. The van der Waals surface area contributed by atoms with Gasteiger partial charge in [-0.3, -0.25) is 19.2 Å². The smallest absolute Gasteiger partial charge is 0.326 e. The fraction of sp³-hybridized carbons (Fsp3) is 0.522. The highest BCUT2D eigenvalue weighted by Gasteiger charge is 2.30. The highest BCUT2D eigenvalue weighted by atomic mass is 16.4. The minimum Gasteiger partial charge on any atom is -0.481 e. The summed E-state index contributed by atoms with van der Waals surface area (Å²) in [5.74, 6) is -4.88. The summed E-state index contributed by atoms with van der Waals surface area (Å²) in [7, 11) is 0. The zero-order valence-electron chi connectivity index (χ0n) is 19.9. The molecule has 4 atom stereocenters. The van der Waals surface area contributed by atoms with Crippen LogP contribution in [-0.2, 0) is 30.4 Å². The number of carboxylic acid groups (broad SMARTS) is 2. The first-order chi connectivity index (χ1) is 17.1. The standard InChI is InChI=1S/C23H35N5O8/c24-11-5-4-8-16(23(35)36)26-21(33)17(12-14-6-2-1-3-7-14)27-22(34)18(13-29)28-20(32)15(25)9-10-19(30)31/h1-3,6-7,15-18,29H,4-5,8-13,24-25H2,(H,26,33)(H,27,34)(H,28,32)(H,30,31)(H,35,36). The molecule has 13 nitrogen and oxygen atoms in total. The van der Waals surface area contributed by atoms with Crippen LogP contribution in [0.3, 0.4) is 0 Å². The molecule has 10 N–H and O–H groups in total. The van der Waals surface area contributed by atoms with E-state index in [4.69, 9.17) is 16.6 Å². The summed E-state index contributed by atoms with van der Waals surface area (Å²) in [5.41, 5.74) is 11.8. The molecule has 0 fully saturated rings. The van der Waals surface area contributed by atoms with Gasteiger partial charge in [0.25, 0.3) is 0 Å². The number of carbonyl (C=O) groups is 5. The molecule has 0 saturated heterocycles. The molecule has 1 aromatic rings. The van der Waals surface area contributed by atoms with Gasteiger partial charge < -0.3 is 42.7 Å². The first-order valence-electron chi connectivity index (χ1n) is 11.5. The lowest BCUT2D eigenvalue weighted by Gasteiger charge is -2.24. The van der Waals surface area contributed by atoms with Crippen molar-refractivity contribution in [2.24, 2.45) is 11.5 Å². The van der Waals surface area contributed by atoms with Gasteiger partial charge in [-0.25, -0.2) is 4.79 Å². The van der Waals surface area contributed by atoms with Gasteiger partial charge in [0.05, 0.1) is 12.6 Å². The zero-order valence-corrected chi connectivity index (χ0v) is 19.9. The van der Waals surface area contributed by atoms with E-state index in [-0.39, 0.29) is 25.7 Å². The van der Waals surface area contributed by atoms with Gasteiger partial charge in [0.15, 0.2) is 0 Å². The molecule has 200 valence electrons. The second-order valence-electron chi connectivity index (χ2n) is 8.22. The van der Waals surface area contributed by atoms with Gasteiger partial charge in [-0.2, -0.15) is 0 Å². The molecule has 4 unspecified atom stereocenters. The second-order valence-corrected chi connectivity index (χ2v) is 8.22. The van der Waals surface area contributed by atoms with Crippen molar-refractivity contribution in [1.82, 2.24) is 16.0 Å². The van der Waals surface area contributed by atoms with Crippen molar-refractivity contribution < 1.29 is 39.3 Å². The molecule has 13 heteroatoms. The third kappa shape index (κ3) is 11.3. The summed E-state index contributed by atoms with van der Waals surface area (Å²) in [5, 5.41) is 34.9. The molecular formula is C23H35N5O8. The van der Waals surface area contributed by atoms with Crippen LogP contribution < -0.4 is 27.4 Å². The Hall–Kier alpha value is -3.55. The molecule has 36 heavy (non-hydrogen) atoms. The van der Waals surface area contributed by atoms with Crippen LogP contribution in [0.15, 0.2) is 30.3 Å². The number of aliphatic hydroxyl groups is 1. The maximum atomic E-state index is 13.0. The van der Waals surface area contributed by atoms with Crippen molar-refractivity contribution in [2.45, 2.75) is 62.7 Å². The van der Waals surface area contributed by atoms with Gasteiger partial charge in [0, 0.05) is 12.8 Å². The quantitative estimate of drug-likeness (QED) is 0.108. The van der Waals surface area contributed by atoms with E-state index in [1.165, 1.54) is 0 Å². The molecule has 0 spiro atoms. The van der Waals surface area contributed by atoms with Crippen LogP contribution in [0.25, 0.3) is 0 Å². The number of unbranched alkanes of at least 4 members (excludes halogenated alkanes) is 1. The number of aliphatic hydroxyl groups excluding tert-OH is 1. The number of rotatable bonds is 17. The topological polar surface area (TPSA) is 234 Å². The lowest BCUT2D eigenvalue weighted by molar-refractivity contribution is -0.142. The number of hydrogen-bond donors (Lipinski definition) is 8. The average molecular weight is 510 g/mol. The monoisotopic (exact) mass is 509 g/mol. The van der Waals surface area contributed by atoms with E-state index < -0.39 is 60.4 Å². The molecule has 0 aliphatic rings. The van der Waals surface area contributed by atoms with Gasteiger partial charge in [0.1, 0.15) is 18.1 Å². The van der Waals surface area contributed by atoms with Crippen molar-refractivity contribution in [2.75, 3.05) is 13.2 Å². The number of benzene rings is 1. The van der Waals surface area contributed by atoms with Crippen LogP contribution in [0.5, 0.6) is 0 Å². The molecule has 0 saturated carbocycles. The lowest BCUT2D eigenvalue weighted by Crippen LogP contribution is -2.58. The number of carbonyl (C=O) groups excluding carboxylic acids is 3. The summed E-state index contributed by atoms with van der Waals surface area (Å²) in [6, 6.07) is 3.55. The highest BCUT2D eigenvalue weighted by molar-refractivity contribution is 5.94. The third-order valence-electron chi connectivity index (χ3n) is 5.30. The molecule has 0 aromatic heterocycles. The first-order valence-corrected chi connectivity index (χ1v) is 11.5. The minimum atomic E-state index is -1.47. The van der Waals surface area contributed by atoms with E-state index in [0.29, 0.717) is 24.9 Å². The van der Waals surface area contributed by atoms with Crippen molar-refractivity contribution in [3.8, 4) is 0 Å². The summed E-state index contributed by atoms with van der Waals surface area (Å²) >= 11 is 0. The Labute approximate surface area is 208 Å². The van der Waals surface area contributed by atoms with Gasteiger partial charge in [-0.05, 0) is 37.8 Å². The molecule has 0 heterocycles. The Morgan fingerprint density at radius 1 is 0.806 bits per heavy atom. The predicted molar refractivity (Wildman–Crippen MR) is 128 cm³/mol. The Kier molecular flexibility index (Phi) is 13.7. The Morgan fingerprint density at radius 3 is 1.94 bits per heavy atom. The molecular weight excluding hydrogens is 474 g/mol. The molecule has 0 bridgehead atoms. The van der Waals surface area contributed by atoms with E-state index in [1.54, 1.807) is 30.3 Å². The van der Waals surface area contributed by atoms with E-state index >= 15 is 0 Å². The maximum Gasteiger partial charge on any atom is 0.326 e. The maximum absolute atomic E-state index is 13.0. The Morgan fingerprint density at radius 2 is 1.39 bits per heavy atom. The SMILES string of the molecule is NCCCCC(NC(=O)C(Cc1ccccc1)NC(=O)C(CO)NC(=O)C(N)CCC(=O)O)C(=O)O. The Bertz CT molecular complexity index is 883. The lowest BCUT2D eigenvalue weighted by atomic mass is 10.0. The Balaban J connectivity index is 2.95. The number of aliphatic carboxylic acids is 2. The summed E-state index contributed by atoms with van der Waals surface area (Å²) in [4.78, 5) is 60.3. The number of nitrogens with one attached hydrogen (secondary N) is 3. The first kappa shape index (κ1) is 30.5. The van der Waals surface area contributed by atoms with E-state index in [2.05, 4.69) is 16.0 Å². The number of hydrogen-bond acceptors (Lipinski definition) is 8. The summed E-state index contributed by atoms with van der Waals surface area (Å²) in [6.45, 7) is -0.444. The minimum absolute atomic E-state index is 0.0117. The molecule has 1 aromatic carbocycles. The van der Waals surface area contributed by atoms with Gasteiger partial charge in [-0.1, -0.05) is 30.3 Å². The van der Waals surface area contributed by atoms with Crippen molar-refractivity contribution in [1.29, 1.82) is 0 Å². The number of carboxylic acids is 2. The number of nitrogens with two attached hydrogens (primary N) is 2. The van der Waals surface area contributed by atoms with Crippen LogP contribution in [0.1, 0.15) is 37.7 Å². The highest BCUT2D eigenvalue weighted by Crippen LogP contribution is 2.07. The molecule has 0 aliphatic carbocycles. The fourth-order valence-electron chi connectivity index (χ4n) is 3.24. The number of amides is 3. The van der Waals surface area contributed by atoms with E-state index in [1.807, 2.05) is 0 Å². The second kappa shape index (κ2) is 16.2. The van der Waals surface area contributed by atoms with Crippen molar-refractivity contribution in [3.63, 3.8) is 0 Å². The van der Waals surface area contributed by atoms with E-state index in [0.717, 1.165) is 0 Å². The molecule has 1 rings (SSSR count). The molecule has 0 aliphatic heterocycles. The van der Waals surface area contributed by atoms with Crippen molar-refractivity contribution in [3.05, 3.63) is 35.9 Å². The van der Waals surface area contributed by atoms with Crippen LogP contribution >= 0.6 is 0 Å². The molecule has 3 amide bonds. The van der Waals surface area contributed by atoms with Gasteiger partial charge >= 0.3 is 11.9 Å². The van der Waals surface area contributed by atoms with Gasteiger partial charge in [0.2, 0.25) is 17.7 Å². The van der Waals surface area contributed by atoms with Crippen LogP contribution in [0.4, 0.5) is 0 Å². The average Bonchev–Trinajstić information content (AvgIpc) is 2.84. The van der Waals surface area contributed by atoms with Crippen LogP contribution in [0.2, 0.25) is 0 Å². The van der Waals surface area contributed by atoms with Crippen LogP contribution in [-0.4, -0.2) is 82.3 Å². The summed E-state index contributed by atoms with van der Waals surface area (Å²) < 4.78 is 0. The van der Waals surface area contributed by atoms with E-state index in [9.17, 15) is 34.2 Å². The largest absolute Gasteiger partial charge is 0.481 e.